The molecule has 9 atom stereocenters. The van der Waals surface area contributed by atoms with Crippen molar-refractivity contribution in [3.05, 3.63) is 47.1 Å². The van der Waals surface area contributed by atoms with Gasteiger partial charge in [0.15, 0.2) is 5.79 Å². The van der Waals surface area contributed by atoms with E-state index < -0.39 is 41.6 Å². The average Bonchev–Trinajstić information content (AvgIpc) is 3.32. The topological polar surface area (TPSA) is 122 Å². The Kier molecular flexibility index (Phi) is 10.6. The smallest absolute Gasteiger partial charge is 0.462 e. The van der Waals surface area contributed by atoms with Crippen molar-refractivity contribution in [2.75, 3.05) is 13.2 Å². The quantitative estimate of drug-likeness (QED) is 0.163. The highest BCUT2D eigenvalue weighted by Crippen LogP contribution is 2.47. The van der Waals surface area contributed by atoms with E-state index in [4.69, 9.17) is 28.5 Å². The third-order valence-corrected chi connectivity index (χ3v) is 9.99. The predicted molar refractivity (Wildman–Crippen MR) is 172 cm³/mol. The first-order valence-electron chi connectivity index (χ1n) is 16.9. The molecule has 46 heavy (non-hydrogen) atoms. The molecule has 1 N–H and O–H groups in total. The Morgan fingerprint density at radius 1 is 1.20 bits per heavy atom. The molecule has 0 amide bonds. The summed E-state index contributed by atoms with van der Waals surface area (Å²) in [5.41, 5.74) is 0.707. The number of carbonyl (C=O) groups excluding carboxylic acids is 2. The molecule has 2 bridgehead atoms. The molecule has 0 aromatic heterocycles. The van der Waals surface area contributed by atoms with Gasteiger partial charge in [0.2, 0.25) is 0 Å². The van der Waals surface area contributed by atoms with Crippen molar-refractivity contribution in [3.8, 4) is 0 Å². The summed E-state index contributed by atoms with van der Waals surface area (Å²) in [4.78, 5) is 31.1. The van der Waals surface area contributed by atoms with Crippen LogP contribution < -0.4 is 0 Å². The molecule has 3 fully saturated rings. The van der Waals surface area contributed by atoms with Crippen LogP contribution in [0.15, 0.2) is 52.3 Å². The minimum absolute atomic E-state index is 0.0369. The van der Waals surface area contributed by atoms with E-state index in [1.54, 1.807) is 19.9 Å². The Bertz CT molecular complexity index is 1310. The van der Waals surface area contributed by atoms with Gasteiger partial charge < -0.3 is 28.8 Å². The molecule has 1 spiro atoms. The number of ether oxygens (including phenoxy) is 5. The number of fused-ring (bicyclic) bond motifs is 2. The summed E-state index contributed by atoms with van der Waals surface area (Å²) in [5, 5.41) is 16.5. The summed E-state index contributed by atoms with van der Waals surface area (Å²) in [6.07, 6.45) is 11.2. The molecule has 1 aliphatic carbocycles. The number of esters is 1. The largest absolute Gasteiger partial charge is 0.535 e. The van der Waals surface area contributed by atoms with Crippen LogP contribution in [0.1, 0.15) is 87.0 Å². The van der Waals surface area contributed by atoms with Gasteiger partial charge in [-0.2, -0.15) is 0 Å². The molecule has 5 rings (SSSR count). The number of oxime groups is 1. The van der Waals surface area contributed by atoms with E-state index in [-0.39, 0.29) is 37.1 Å². The van der Waals surface area contributed by atoms with Crippen molar-refractivity contribution in [1.29, 1.82) is 0 Å². The second-order valence-electron chi connectivity index (χ2n) is 14.1. The van der Waals surface area contributed by atoms with Gasteiger partial charge >= 0.3 is 12.1 Å². The first-order valence-corrected chi connectivity index (χ1v) is 16.9. The van der Waals surface area contributed by atoms with E-state index in [1.807, 2.05) is 12.2 Å². The minimum Gasteiger partial charge on any atom is -0.462 e. The SMILES string of the molecule is CCOC(=O)O/N=C1\C(C)=C[C@H]2C(=O)O[C@H]3C[C@@H](C/C=C(\C)C[C@@H](C)/C=C/C=C4\CO[C@H]1[C@@]42O)O[C@@]1(CC[C@H](C)[C@@H](C(C)C)O1)C3. The zero-order valence-corrected chi connectivity index (χ0v) is 28.3. The van der Waals surface area contributed by atoms with Crippen LogP contribution in [-0.2, 0) is 33.3 Å². The first-order chi connectivity index (χ1) is 21.8. The van der Waals surface area contributed by atoms with Crippen LogP contribution in [0.25, 0.3) is 0 Å². The average molecular weight is 642 g/mol. The van der Waals surface area contributed by atoms with Crippen molar-refractivity contribution < 1.29 is 43.2 Å². The van der Waals surface area contributed by atoms with Crippen molar-refractivity contribution in [1.82, 2.24) is 0 Å². The maximum atomic E-state index is 14.2. The van der Waals surface area contributed by atoms with Gasteiger partial charge in [0.1, 0.15) is 29.4 Å². The molecule has 254 valence electrons. The Hall–Kier alpha value is -2.79. The fraction of sp³-hybridized carbons (Fsp3) is 0.694. The molecule has 0 unspecified atom stereocenters. The predicted octanol–water partition coefficient (Wildman–Crippen LogP) is 6.34. The number of aliphatic hydroxyl groups is 1. The fourth-order valence-electron chi connectivity index (χ4n) is 7.70. The van der Waals surface area contributed by atoms with E-state index in [0.29, 0.717) is 42.2 Å². The van der Waals surface area contributed by atoms with E-state index >= 15 is 0 Å². The van der Waals surface area contributed by atoms with Crippen molar-refractivity contribution in [2.45, 2.75) is 123 Å². The highest BCUT2D eigenvalue weighted by atomic mass is 16.8. The second kappa shape index (κ2) is 14.1. The molecular weight excluding hydrogens is 590 g/mol. The normalized spacial score (nSPS) is 42.3. The number of hydrogen-bond acceptors (Lipinski definition) is 10. The summed E-state index contributed by atoms with van der Waals surface area (Å²) in [6, 6.07) is 0. The third-order valence-electron chi connectivity index (χ3n) is 9.99. The van der Waals surface area contributed by atoms with Crippen LogP contribution in [0.5, 0.6) is 0 Å². The Morgan fingerprint density at radius 2 is 1.98 bits per heavy atom. The molecule has 0 aromatic carbocycles. The number of hydrogen-bond donors (Lipinski definition) is 1. The maximum Gasteiger partial charge on any atom is 0.535 e. The van der Waals surface area contributed by atoms with Crippen molar-refractivity contribution in [3.63, 3.8) is 0 Å². The zero-order chi connectivity index (χ0) is 33.2. The van der Waals surface area contributed by atoms with Gasteiger partial charge in [0, 0.05) is 19.3 Å². The molecule has 0 radical (unpaired) electrons. The highest BCUT2D eigenvalue weighted by Gasteiger charge is 2.60. The molecule has 0 saturated carbocycles. The summed E-state index contributed by atoms with van der Waals surface area (Å²) in [5.74, 6) is -1.54. The van der Waals surface area contributed by atoms with Crippen molar-refractivity contribution >= 4 is 17.8 Å². The summed E-state index contributed by atoms with van der Waals surface area (Å²) < 4.78 is 30.8. The van der Waals surface area contributed by atoms with Crippen molar-refractivity contribution in [2.24, 2.45) is 28.8 Å². The molecule has 10 nitrogen and oxygen atoms in total. The lowest BCUT2D eigenvalue weighted by Crippen LogP contribution is -2.57. The van der Waals surface area contributed by atoms with Crippen LogP contribution >= 0.6 is 0 Å². The van der Waals surface area contributed by atoms with Crippen LogP contribution in [0, 0.1) is 23.7 Å². The molecule has 3 saturated heterocycles. The van der Waals surface area contributed by atoms with Crippen LogP contribution in [0.2, 0.25) is 0 Å². The number of allylic oxidation sites excluding steroid dienone is 4. The Morgan fingerprint density at radius 3 is 2.72 bits per heavy atom. The molecule has 4 aliphatic heterocycles. The van der Waals surface area contributed by atoms with Gasteiger partial charge in [0.25, 0.3) is 0 Å². The second-order valence-corrected chi connectivity index (χ2v) is 14.1. The van der Waals surface area contributed by atoms with Gasteiger partial charge in [-0.25, -0.2) is 4.79 Å². The van der Waals surface area contributed by atoms with E-state index in [2.05, 4.69) is 51.9 Å². The highest BCUT2D eigenvalue weighted by molar-refractivity contribution is 6.07. The summed E-state index contributed by atoms with van der Waals surface area (Å²) in [6.45, 7) is 14.4. The van der Waals surface area contributed by atoms with Gasteiger partial charge in [0.05, 0.1) is 25.4 Å². The lowest BCUT2D eigenvalue weighted by atomic mass is 9.71. The summed E-state index contributed by atoms with van der Waals surface area (Å²) in [7, 11) is 0. The molecule has 5 aliphatic rings. The molecular formula is C36H51NO9. The molecule has 0 aromatic rings. The van der Waals surface area contributed by atoms with E-state index in [1.165, 1.54) is 5.57 Å². The van der Waals surface area contributed by atoms with E-state index in [0.717, 1.165) is 19.3 Å². The van der Waals surface area contributed by atoms with Crippen LogP contribution in [0.4, 0.5) is 4.79 Å². The van der Waals surface area contributed by atoms with Gasteiger partial charge in [-0.3, -0.25) is 9.63 Å². The van der Waals surface area contributed by atoms with Gasteiger partial charge in [-0.1, -0.05) is 68.8 Å². The molecule has 10 heteroatoms. The van der Waals surface area contributed by atoms with Crippen LogP contribution in [-0.4, -0.2) is 72.0 Å². The van der Waals surface area contributed by atoms with Gasteiger partial charge in [-0.05, 0) is 68.9 Å². The lowest BCUT2D eigenvalue weighted by molar-refractivity contribution is -0.340. The monoisotopic (exact) mass is 641 g/mol. The first kappa shape index (κ1) is 34.5. The summed E-state index contributed by atoms with van der Waals surface area (Å²) >= 11 is 0. The lowest BCUT2D eigenvalue weighted by Gasteiger charge is -2.50. The third kappa shape index (κ3) is 7.20. The maximum absolute atomic E-state index is 14.2. The number of rotatable bonds is 3. The van der Waals surface area contributed by atoms with Gasteiger partial charge in [-0.15, -0.1) is 0 Å². The van der Waals surface area contributed by atoms with Crippen LogP contribution in [0.3, 0.4) is 0 Å². The Labute approximate surface area is 272 Å². The van der Waals surface area contributed by atoms with E-state index in [9.17, 15) is 14.7 Å². The Balaban J connectivity index is 1.52. The zero-order valence-electron chi connectivity index (χ0n) is 28.3. The molecule has 4 heterocycles. The number of carbonyl (C=O) groups is 2. The number of nitrogens with zero attached hydrogens (tertiary/aromatic N) is 1. The minimum atomic E-state index is -1.81. The standard InChI is InChI=1S/C36H51NO9/c1-8-41-34(39)46-37-30-25(7)17-29-33(38)43-28-18-27(44-35(19-28)15-14-24(6)31(45-35)21(2)3)13-12-23(5)16-22(4)10-9-11-26-20-42-32(30)36(26,29)40/h9-12,17,21-22,24,27-29,31-32,40H,8,13-16,18-20H2,1-7H3/b10-9+,23-12+,26-11+,37-30+/t22-,24-,27+,28-,29-,31+,32+,35+,36+/m0/s1. The fourth-order valence-corrected chi connectivity index (χ4v) is 7.70.